The third-order valence-corrected chi connectivity index (χ3v) is 6.72. The highest BCUT2D eigenvalue weighted by Crippen LogP contribution is 2.39. The standard InChI is InChI=1S/C29H25NO3S/c1-3-32-27-16-28-25(15-24(27)19(2)14-29(31)30-17-21-10-7-13-34-21)26(18-33-28)23-12-6-9-20-8-4-5-11-22(20)23/h4-16,18H,3,17H2,1-2H3,(H,30,31)/b19-14+. The van der Waals surface area contributed by atoms with Crippen molar-refractivity contribution in [1.29, 1.82) is 0 Å². The Bertz CT molecular complexity index is 1490. The van der Waals surface area contributed by atoms with E-state index < -0.39 is 0 Å². The van der Waals surface area contributed by atoms with Gasteiger partial charge in [0, 0.05) is 33.5 Å². The van der Waals surface area contributed by atoms with Gasteiger partial charge in [-0.15, -0.1) is 11.3 Å². The second kappa shape index (κ2) is 9.57. The van der Waals surface area contributed by atoms with E-state index in [1.807, 2.05) is 43.5 Å². The Morgan fingerprint density at radius 3 is 2.71 bits per heavy atom. The van der Waals surface area contributed by atoms with Crippen LogP contribution in [-0.2, 0) is 11.3 Å². The quantitative estimate of drug-likeness (QED) is 0.253. The molecule has 0 radical (unpaired) electrons. The lowest BCUT2D eigenvalue weighted by Crippen LogP contribution is -2.20. The van der Waals surface area contributed by atoms with E-state index in [1.54, 1.807) is 23.7 Å². The predicted molar refractivity (Wildman–Crippen MR) is 140 cm³/mol. The van der Waals surface area contributed by atoms with Crippen LogP contribution in [0, 0.1) is 0 Å². The predicted octanol–water partition coefficient (Wildman–Crippen LogP) is 7.43. The average Bonchev–Trinajstić information content (AvgIpc) is 3.52. The summed E-state index contributed by atoms with van der Waals surface area (Å²) in [7, 11) is 0. The van der Waals surface area contributed by atoms with Gasteiger partial charge in [0.25, 0.3) is 0 Å². The van der Waals surface area contributed by atoms with Gasteiger partial charge in [0.05, 0.1) is 19.4 Å². The third kappa shape index (κ3) is 4.35. The molecule has 0 saturated carbocycles. The van der Waals surface area contributed by atoms with Crippen molar-refractivity contribution in [1.82, 2.24) is 5.32 Å². The summed E-state index contributed by atoms with van der Waals surface area (Å²) in [4.78, 5) is 13.7. The normalized spacial score (nSPS) is 11.8. The molecular formula is C29H25NO3S. The van der Waals surface area contributed by atoms with Crippen LogP contribution in [0.2, 0.25) is 0 Å². The Morgan fingerprint density at radius 2 is 1.88 bits per heavy atom. The fraction of sp³-hybridized carbons (Fsp3) is 0.138. The van der Waals surface area contributed by atoms with E-state index in [0.29, 0.717) is 18.9 Å². The zero-order valence-electron chi connectivity index (χ0n) is 19.1. The number of carbonyl (C=O) groups excluding carboxylic acids is 1. The number of carbonyl (C=O) groups is 1. The maximum absolute atomic E-state index is 12.6. The van der Waals surface area contributed by atoms with E-state index in [-0.39, 0.29) is 5.91 Å². The number of rotatable bonds is 7. The average molecular weight is 468 g/mol. The molecule has 170 valence electrons. The lowest BCUT2D eigenvalue weighted by atomic mass is 9.96. The number of benzene rings is 3. The Labute approximate surface area is 202 Å². The van der Waals surface area contributed by atoms with E-state index >= 15 is 0 Å². The summed E-state index contributed by atoms with van der Waals surface area (Å²) < 4.78 is 11.9. The molecular weight excluding hydrogens is 442 g/mol. The number of hydrogen-bond acceptors (Lipinski definition) is 4. The number of ether oxygens (including phenoxy) is 1. The molecule has 0 aliphatic rings. The minimum Gasteiger partial charge on any atom is -0.493 e. The fourth-order valence-electron chi connectivity index (χ4n) is 4.22. The summed E-state index contributed by atoms with van der Waals surface area (Å²) in [6.45, 7) is 4.92. The molecule has 5 rings (SSSR count). The zero-order chi connectivity index (χ0) is 23.5. The molecule has 1 amide bonds. The van der Waals surface area contributed by atoms with Crippen molar-refractivity contribution in [3.05, 3.63) is 94.9 Å². The molecule has 34 heavy (non-hydrogen) atoms. The highest BCUT2D eigenvalue weighted by molar-refractivity contribution is 7.09. The Morgan fingerprint density at radius 1 is 1.03 bits per heavy atom. The van der Waals surface area contributed by atoms with Crippen LogP contribution in [0.15, 0.2) is 88.9 Å². The highest BCUT2D eigenvalue weighted by atomic mass is 32.1. The maximum Gasteiger partial charge on any atom is 0.244 e. The molecule has 0 spiro atoms. The molecule has 2 heterocycles. The lowest BCUT2D eigenvalue weighted by Gasteiger charge is -2.12. The van der Waals surface area contributed by atoms with Crippen molar-refractivity contribution in [3.63, 3.8) is 0 Å². The van der Waals surface area contributed by atoms with Crippen LogP contribution in [-0.4, -0.2) is 12.5 Å². The molecule has 1 N–H and O–H groups in total. The molecule has 0 atom stereocenters. The van der Waals surface area contributed by atoms with Crippen molar-refractivity contribution in [3.8, 4) is 16.9 Å². The Hall–Kier alpha value is -3.83. The van der Waals surface area contributed by atoms with Crippen LogP contribution in [0.3, 0.4) is 0 Å². The van der Waals surface area contributed by atoms with Gasteiger partial charge >= 0.3 is 0 Å². The monoisotopic (exact) mass is 467 g/mol. The smallest absolute Gasteiger partial charge is 0.244 e. The summed E-state index contributed by atoms with van der Waals surface area (Å²) in [6, 6.07) is 22.6. The molecule has 0 fully saturated rings. The van der Waals surface area contributed by atoms with Gasteiger partial charge < -0.3 is 14.5 Å². The van der Waals surface area contributed by atoms with Gasteiger partial charge in [-0.25, -0.2) is 0 Å². The van der Waals surface area contributed by atoms with Crippen LogP contribution >= 0.6 is 11.3 Å². The molecule has 0 aliphatic carbocycles. The van der Waals surface area contributed by atoms with Gasteiger partial charge in [-0.2, -0.15) is 0 Å². The van der Waals surface area contributed by atoms with Crippen LogP contribution in [0.4, 0.5) is 0 Å². The molecule has 0 aliphatic heterocycles. The van der Waals surface area contributed by atoms with Crippen molar-refractivity contribution < 1.29 is 13.9 Å². The molecule has 2 aromatic heterocycles. The summed E-state index contributed by atoms with van der Waals surface area (Å²) in [5.74, 6) is 0.573. The number of nitrogens with one attached hydrogen (secondary N) is 1. The fourth-order valence-corrected chi connectivity index (χ4v) is 4.86. The van der Waals surface area contributed by atoms with Gasteiger partial charge in [-0.1, -0.05) is 48.5 Å². The molecule has 5 aromatic rings. The molecule has 3 aromatic carbocycles. The summed E-state index contributed by atoms with van der Waals surface area (Å²) in [5, 5.41) is 8.30. The second-order valence-electron chi connectivity index (χ2n) is 8.08. The maximum atomic E-state index is 12.6. The number of allylic oxidation sites excluding steroid dienone is 1. The number of fused-ring (bicyclic) bond motifs is 2. The van der Waals surface area contributed by atoms with Gasteiger partial charge in [-0.3, -0.25) is 4.79 Å². The lowest BCUT2D eigenvalue weighted by molar-refractivity contribution is -0.116. The summed E-state index contributed by atoms with van der Waals surface area (Å²) >= 11 is 1.63. The van der Waals surface area contributed by atoms with Crippen LogP contribution in [0.1, 0.15) is 24.3 Å². The number of thiophene rings is 1. The van der Waals surface area contributed by atoms with Crippen molar-refractivity contribution >= 4 is 44.6 Å². The van der Waals surface area contributed by atoms with Crippen molar-refractivity contribution in [2.75, 3.05) is 6.61 Å². The van der Waals surface area contributed by atoms with E-state index in [2.05, 4.69) is 47.8 Å². The molecule has 0 saturated heterocycles. The first kappa shape index (κ1) is 22.0. The highest BCUT2D eigenvalue weighted by Gasteiger charge is 2.16. The minimum absolute atomic E-state index is 0.130. The Kier molecular flexibility index (Phi) is 6.19. The van der Waals surface area contributed by atoms with Gasteiger partial charge in [-0.05, 0) is 53.3 Å². The van der Waals surface area contributed by atoms with Gasteiger partial charge in [0.2, 0.25) is 5.91 Å². The third-order valence-electron chi connectivity index (χ3n) is 5.84. The van der Waals surface area contributed by atoms with Crippen LogP contribution in [0.25, 0.3) is 38.4 Å². The molecule has 4 nitrogen and oxygen atoms in total. The number of hydrogen-bond donors (Lipinski definition) is 1. The van der Waals surface area contributed by atoms with Gasteiger partial charge in [0.1, 0.15) is 11.3 Å². The van der Waals surface area contributed by atoms with Crippen molar-refractivity contribution in [2.45, 2.75) is 20.4 Å². The first-order chi connectivity index (χ1) is 16.6. The van der Waals surface area contributed by atoms with E-state index in [4.69, 9.17) is 9.15 Å². The Balaban J connectivity index is 1.55. The largest absolute Gasteiger partial charge is 0.493 e. The van der Waals surface area contributed by atoms with Crippen LogP contribution in [0.5, 0.6) is 5.75 Å². The van der Waals surface area contributed by atoms with E-state index in [1.165, 1.54) is 10.8 Å². The van der Waals surface area contributed by atoms with E-state index in [9.17, 15) is 4.79 Å². The summed E-state index contributed by atoms with van der Waals surface area (Å²) in [6.07, 6.45) is 3.44. The minimum atomic E-state index is -0.130. The molecule has 0 unspecified atom stereocenters. The zero-order valence-corrected chi connectivity index (χ0v) is 19.9. The number of amides is 1. The number of furan rings is 1. The van der Waals surface area contributed by atoms with E-state index in [0.717, 1.165) is 38.1 Å². The first-order valence-electron chi connectivity index (χ1n) is 11.3. The van der Waals surface area contributed by atoms with Gasteiger partial charge in [0.15, 0.2) is 0 Å². The summed E-state index contributed by atoms with van der Waals surface area (Å²) in [5.41, 5.74) is 4.60. The molecule has 5 heteroatoms. The second-order valence-corrected chi connectivity index (χ2v) is 9.11. The SMILES string of the molecule is CCOc1cc2occ(-c3cccc4ccccc34)c2cc1/C(C)=C/C(=O)NCc1cccs1. The van der Waals surface area contributed by atoms with Crippen LogP contribution < -0.4 is 10.1 Å². The topological polar surface area (TPSA) is 51.5 Å². The first-order valence-corrected chi connectivity index (χ1v) is 12.2. The van der Waals surface area contributed by atoms with Crippen molar-refractivity contribution in [2.24, 2.45) is 0 Å². The molecule has 0 bridgehead atoms.